The molecule has 0 spiro atoms. The molecule has 2 atom stereocenters. The number of piperidine rings is 1. The zero-order valence-corrected chi connectivity index (χ0v) is 15.3. The Morgan fingerprint density at radius 3 is 2.54 bits per heavy atom. The average molecular weight is 374 g/mol. The van der Waals surface area contributed by atoms with Crippen LogP contribution in [0.3, 0.4) is 0 Å². The highest BCUT2D eigenvalue weighted by Gasteiger charge is 2.24. The highest BCUT2D eigenvalue weighted by molar-refractivity contribution is 7.90. The number of benzene rings is 2. The van der Waals surface area contributed by atoms with Crippen molar-refractivity contribution < 1.29 is 18.3 Å². The molecule has 1 heterocycles. The number of nitrogens with one attached hydrogen (secondary N) is 2. The lowest BCUT2D eigenvalue weighted by atomic mass is 10.0. The van der Waals surface area contributed by atoms with Gasteiger partial charge in [0.2, 0.25) is 0 Å². The molecule has 0 aromatic heterocycles. The van der Waals surface area contributed by atoms with Crippen molar-refractivity contribution >= 4 is 15.7 Å². The van der Waals surface area contributed by atoms with Gasteiger partial charge in [0.05, 0.1) is 17.0 Å². The maximum absolute atomic E-state index is 12.5. The van der Waals surface area contributed by atoms with Crippen LogP contribution in [-0.4, -0.2) is 50.9 Å². The smallest absolute Gasteiger partial charge is 0.251 e. The standard InChI is InChI=1S/C19H22N2O4S/c1-26(24,25)16-7-5-13(6-8-16)14-3-2-4-15(11-14)19(23)21-17-12-20-10-9-18(17)22/h2-8,11,17-18,20,22H,9-10,12H2,1H3,(H,21,23). The minimum atomic E-state index is -3.24. The van der Waals surface area contributed by atoms with Gasteiger partial charge in [-0.1, -0.05) is 24.3 Å². The van der Waals surface area contributed by atoms with Crippen LogP contribution in [0.1, 0.15) is 16.8 Å². The summed E-state index contributed by atoms with van der Waals surface area (Å²) in [5, 5.41) is 16.0. The molecule has 2 aromatic rings. The summed E-state index contributed by atoms with van der Waals surface area (Å²) in [6.45, 7) is 1.28. The van der Waals surface area contributed by atoms with E-state index in [1.165, 1.54) is 6.26 Å². The molecule has 3 rings (SSSR count). The Balaban J connectivity index is 1.78. The van der Waals surface area contributed by atoms with Crippen molar-refractivity contribution in [3.05, 3.63) is 54.1 Å². The van der Waals surface area contributed by atoms with E-state index in [0.717, 1.165) is 17.7 Å². The monoisotopic (exact) mass is 374 g/mol. The van der Waals surface area contributed by atoms with Gasteiger partial charge >= 0.3 is 0 Å². The molecule has 7 heteroatoms. The molecule has 1 saturated heterocycles. The van der Waals surface area contributed by atoms with Crippen LogP contribution in [-0.2, 0) is 9.84 Å². The van der Waals surface area contributed by atoms with Crippen LogP contribution in [0.2, 0.25) is 0 Å². The first-order chi connectivity index (χ1) is 12.3. The molecule has 138 valence electrons. The van der Waals surface area contributed by atoms with E-state index in [1.807, 2.05) is 6.07 Å². The maximum Gasteiger partial charge on any atom is 0.251 e. The minimum absolute atomic E-state index is 0.243. The summed E-state index contributed by atoms with van der Waals surface area (Å²) in [4.78, 5) is 12.8. The Morgan fingerprint density at radius 1 is 1.15 bits per heavy atom. The third kappa shape index (κ3) is 4.30. The number of amides is 1. The second-order valence-electron chi connectivity index (χ2n) is 6.52. The highest BCUT2D eigenvalue weighted by Crippen LogP contribution is 2.22. The Morgan fingerprint density at radius 2 is 1.88 bits per heavy atom. The molecule has 0 saturated carbocycles. The lowest BCUT2D eigenvalue weighted by Crippen LogP contribution is -2.53. The molecule has 0 radical (unpaired) electrons. The zero-order chi connectivity index (χ0) is 18.7. The number of carbonyl (C=O) groups is 1. The average Bonchev–Trinajstić information content (AvgIpc) is 2.63. The largest absolute Gasteiger partial charge is 0.391 e. The maximum atomic E-state index is 12.5. The number of rotatable bonds is 4. The third-order valence-electron chi connectivity index (χ3n) is 4.50. The minimum Gasteiger partial charge on any atom is -0.391 e. The van der Waals surface area contributed by atoms with E-state index in [4.69, 9.17) is 0 Å². The van der Waals surface area contributed by atoms with E-state index in [9.17, 15) is 18.3 Å². The van der Waals surface area contributed by atoms with Crippen LogP contribution in [0.15, 0.2) is 53.4 Å². The van der Waals surface area contributed by atoms with Crippen molar-refractivity contribution in [3.63, 3.8) is 0 Å². The predicted molar refractivity (Wildman–Crippen MR) is 99.7 cm³/mol. The van der Waals surface area contributed by atoms with E-state index in [2.05, 4.69) is 10.6 Å². The summed E-state index contributed by atoms with van der Waals surface area (Å²) in [5.74, 6) is -0.243. The van der Waals surface area contributed by atoms with Gasteiger partial charge < -0.3 is 15.7 Å². The Kier molecular flexibility index (Phi) is 5.41. The summed E-state index contributed by atoms with van der Waals surface area (Å²) in [6, 6.07) is 13.4. The fraction of sp³-hybridized carbons (Fsp3) is 0.316. The van der Waals surface area contributed by atoms with Gasteiger partial charge in [-0.2, -0.15) is 0 Å². The third-order valence-corrected chi connectivity index (χ3v) is 5.63. The first kappa shape index (κ1) is 18.6. The highest BCUT2D eigenvalue weighted by atomic mass is 32.2. The Hall–Kier alpha value is -2.22. The van der Waals surface area contributed by atoms with E-state index in [-0.39, 0.29) is 16.8 Å². The number of sulfone groups is 1. The molecule has 0 aliphatic carbocycles. The van der Waals surface area contributed by atoms with Gasteiger partial charge in [0.15, 0.2) is 9.84 Å². The predicted octanol–water partition coefficient (Wildman–Crippen LogP) is 1.21. The second kappa shape index (κ2) is 7.57. The van der Waals surface area contributed by atoms with Gasteiger partial charge in [-0.3, -0.25) is 4.79 Å². The molecule has 1 aliphatic heterocycles. The lowest BCUT2D eigenvalue weighted by molar-refractivity contribution is 0.0755. The molecular weight excluding hydrogens is 352 g/mol. The van der Waals surface area contributed by atoms with Gasteiger partial charge in [-0.15, -0.1) is 0 Å². The van der Waals surface area contributed by atoms with Gasteiger partial charge in [0.25, 0.3) is 5.91 Å². The molecule has 6 nitrogen and oxygen atoms in total. The Bertz CT molecular complexity index is 894. The van der Waals surface area contributed by atoms with Crippen LogP contribution < -0.4 is 10.6 Å². The van der Waals surface area contributed by atoms with Gasteiger partial charge in [-0.05, 0) is 48.4 Å². The molecule has 0 bridgehead atoms. The van der Waals surface area contributed by atoms with Crippen molar-refractivity contribution in [1.82, 2.24) is 10.6 Å². The lowest BCUT2D eigenvalue weighted by Gasteiger charge is -2.29. The quantitative estimate of drug-likeness (QED) is 0.748. The normalized spacial score (nSPS) is 20.5. The molecular formula is C19H22N2O4S. The first-order valence-corrected chi connectivity index (χ1v) is 10.3. The summed E-state index contributed by atoms with van der Waals surface area (Å²) in [7, 11) is -3.24. The van der Waals surface area contributed by atoms with Crippen LogP contribution in [0.5, 0.6) is 0 Å². The van der Waals surface area contributed by atoms with Crippen molar-refractivity contribution in [2.75, 3.05) is 19.3 Å². The molecule has 3 N–H and O–H groups in total. The number of hydrogen-bond donors (Lipinski definition) is 3. The van der Waals surface area contributed by atoms with Gasteiger partial charge in [0, 0.05) is 18.4 Å². The summed E-state index contributed by atoms with van der Waals surface area (Å²) < 4.78 is 23.1. The van der Waals surface area contributed by atoms with E-state index >= 15 is 0 Å². The summed E-state index contributed by atoms with van der Waals surface area (Å²) >= 11 is 0. The van der Waals surface area contributed by atoms with Crippen molar-refractivity contribution in [2.24, 2.45) is 0 Å². The molecule has 1 amide bonds. The van der Waals surface area contributed by atoms with Gasteiger partial charge in [0.1, 0.15) is 0 Å². The number of carbonyl (C=O) groups excluding carboxylic acids is 1. The summed E-state index contributed by atoms with van der Waals surface area (Å²) in [5.41, 5.74) is 2.14. The van der Waals surface area contributed by atoms with Crippen molar-refractivity contribution in [2.45, 2.75) is 23.5 Å². The van der Waals surface area contributed by atoms with Crippen LogP contribution in [0, 0.1) is 0 Å². The van der Waals surface area contributed by atoms with Gasteiger partial charge in [-0.25, -0.2) is 8.42 Å². The SMILES string of the molecule is CS(=O)(=O)c1ccc(-c2cccc(C(=O)NC3CNCCC3O)c2)cc1. The molecule has 2 aromatic carbocycles. The summed E-state index contributed by atoms with van der Waals surface area (Å²) in [6.07, 6.45) is 1.23. The fourth-order valence-corrected chi connectivity index (χ4v) is 3.61. The zero-order valence-electron chi connectivity index (χ0n) is 14.5. The van der Waals surface area contributed by atoms with E-state index in [1.54, 1.807) is 42.5 Å². The molecule has 1 aliphatic rings. The van der Waals surface area contributed by atoms with Crippen molar-refractivity contribution in [3.8, 4) is 11.1 Å². The molecule has 26 heavy (non-hydrogen) atoms. The van der Waals surface area contributed by atoms with Crippen LogP contribution in [0.25, 0.3) is 11.1 Å². The number of aliphatic hydroxyl groups excluding tert-OH is 1. The number of aliphatic hydroxyl groups is 1. The Labute approximate surface area is 153 Å². The van der Waals surface area contributed by atoms with E-state index < -0.39 is 15.9 Å². The molecule has 1 fully saturated rings. The van der Waals surface area contributed by atoms with Crippen LogP contribution in [0.4, 0.5) is 0 Å². The van der Waals surface area contributed by atoms with E-state index in [0.29, 0.717) is 18.5 Å². The topological polar surface area (TPSA) is 95.5 Å². The van der Waals surface area contributed by atoms with Crippen LogP contribution >= 0.6 is 0 Å². The second-order valence-corrected chi connectivity index (χ2v) is 8.53. The van der Waals surface area contributed by atoms with Crippen molar-refractivity contribution in [1.29, 1.82) is 0 Å². The molecule has 2 unspecified atom stereocenters. The fourth-order valence-electron chi connectivity index (χ4n) is 2.98. The first-order valence-electron chi connectivity index (χ1n) is 8.45. The number of hydrogen-bond acceptors (Lipinski definition) is 5.